The summed E-state index contributed by atoms with van der Waals surface area (Å²) in [6, 6.07) is 9.40. The van der Waals surface area contributed by atoms with E-state index in [2.05, 4.69) is 4.98 Å². The van der Waals surface area contributed by atoms with Crippen LogP contribution in [0.5, 0.6) is 11.5 Å². The summed E-state index contributed by atoms with van der Waals surface area (Å²) in [6.45, 7) is 0. The predicted molar refractivity (Wildman–Crippen MR) is 67.9 cm³/mol. The fourth-order valence-electron chi connectivity index (χ4n) is 1.34. The summed E-state index contributed by atoms with van der Waals surface area (Å²) in [5, 5.41) is 0. The topological polar surface area (TPSA) is 39.2 Å². The summed E-state index contributed by atoms with van der Waals surface area (Å²) >= 11 is 1.68. The second kappa shape index (κ2) is 5.50. The number of pyridine rings is 1. The zero-order valence-corrected chi connectivity index (χ0v) is 10.1. The second-order valence-corrected chi connectivity index (χ2v) is 4.23. The quantitative estimate of drug-likeness (QED) is 0.611. The predicted octanol–water partition coefficient (Wildman–Crippen LogP) is 3.41. The van der Waals surface area contributed by atoms with Gasteiger partial charge in [0.1, 0.15) is 11.5 Å². The Morgan fingerprint density at radius 2 is 1.94 bits per heavy atom. The first-order valence-corrected chi connectivity index (χ1v) is 6.26. The number of rotatable bonds is 4. The lowest BCUT2D eigenvalue weighted by Crippen LogP contribution is -1.88. The first-order chi connectivity index (χ1) is 8.31. The first-order valence-electron chi connectivity index (χ1n) is 5.04. The van der Waals surface area contributed by atoms with Gasteiger partial charge in [-0.05, 0) is 36.6 Å². The number of ether oxygens (including phenoxy) is 1. The molecular formula is C13H11NO2S. The number of thioether (sulfide) groups is 1. The van der Waals surface area contributed by atoms with Gasteiger partial charge < -0.3 is 4.74 Å². The number of carbonyl (C=O) groups excluding carboxylic acids is 1. The fraction of sp³-hybridized carbons (Fsp3) is 0.0769. The Balaban J connectivity index is 2.16. The monoisotopic (exact) mass is 245 g/mol. The van der Waals surface area contributed by atoms with Crippen molar-refractivity contribution in [3.05, 3.63) is 48.3 Å². The Morgan fingerprint density at radius 1 is 1.18 bits per heavy atom. The van der Waals surface area contributed by atoms with E-state index in [1.165, 1.54) is 11.1 Å². The van der Waals surface area contributed by atoms with Crippen LogP contribution in [-0.4, -0.2) is 17.5 Å². The molecule has 2 rings (SSSR count). The van der Waals surface area contributed by atoms with Crippen molar-refractivity contribution in [3.8, 4) is 11.5 Å². The minimum Gasteiger partial charge on any atom is -0.456 e. The van der Waals surface area contributed by atoms with Crippen molar-refractivity contribution in [3.63, 3.8) is 0 Å². The smallest absolute Gasteiger partial charge is 0.151 e. The van der Waals surface area contributed by atoms with Crippen molar-refractivity contribution < 1.29 is 9.53 Å². The molecule has 0 bridgehead atoms. The molecule has 0 saturated heterocycles. The molecule has 4 heteroatoms. The largest absolute Gasteiger partial charge is 0.456 e. The van der Waals surface area contributed by atoms with E-state index in [1.54, 1.807) is 24.0 Å². The summed E-state index contributed by atoms with van der Waals surface area (Å²) < 4.78 is 5.59. The minimum atomic E-state index is 0.503. The van der Waals surface area contributed by atoms with Crippen molar-refractivity contribution in [1.82, 2.24) is 4.98 Å². The highest BCUT2D eigenvalue weighted by Crippen LogP contribution is 2.23. The van der Waals surface area contributed by atoms with Crippen molar-refractivity contribution in [1.29, 1.82) is 0 Å². The Hall–Kier alpha value is -1.81. The highest BCUT2D eigenvalue weighted by atomic mass is 32.2. The standard InChI is InChI=1S/C13H11NO2S/c1-17-13-4-2-11(3-5-13)16-12-6-10(9-15)7-14-8-12/h2-9H,1H3. The molecule has 0 N–H and O–H groups in total. The molecule has 0 aliphatic heterocycles. The van der Waals surface area contributed by atoms with E-state index in [-0.39, 0.29) is 0 Å². The normalized spacial score (nSPS) is 9.94. The van der Waals surface area contributed by atoms with E-state index in [9.17, 15) is 4.79 Å². The average molecular weight is 245 g/mol. The molecule has 0 unspecified atom stereocenters. The Morgan fingerprint density at radius 3 is 2.59 bits per heavy atom. The number of aromatic nitrogens is 1. The van der Waals surface area contributed by atoms with Gasteiger partial charge >= 0.3 is 0 Å². The summed E-state index contributed by atoms with van der Waals surface area (Å²) in [6.07, 6.45) is 5.84. The molecule has 0 aliphatic carbocycles. The van der Waals surface area contributed by atoms with Gasteiger partial charge in [-0.25, -0.2) is 0 Å². The maximum Gasteiger partial charge on any atom is 0.151 e. The summed E-state index contributed by atoms with van der Waals surface area (Å²) in [5.41, 5.74) is 0.503. The molecule has 17 heavy (non-hydrogen) atoms. The molecule has 0 amide bonds. The van der Waals surface area contributed by atoms with Crippen LogP contribution >= 0.6 is 11.8 Å². The number of nitrogens with zero attached hydrogens (tertiary/aromatic N) is 1. The van der Waals surface area contributed by atoms with E-state index in [1.807, 2.05) is 30.5 Å². The number of aldehydes is 1. The molecule has 2 aromatic rings. The number of benzene rings is 1. The van der Waals surface area contributed by atoms with Crippen molar-refractivity contribution in [2.75, 3.05) is 6.26 Å². The van der Waals surface area contributed by atoms with Crippen molar-refractivity contribution >= 4 is 18.0 Å². The molecule has 0 aliphatic rings. The Labute approximate surface area is 104 Å². The zero-order chi connectivity index (χ0) is 12.1. The number of carbonyl (C=O) groups is 1. The van der Waals surface area contributed by atoms with Crippen LogP contribution in [0.15, 0.2) is 47.6 Å². The summed E-state index contributed by atoms with van der Waals surface area (Å²) in [4.78, 5) is 15.7. The van der Waals surface area contributed by atoms with E-state index in [4.69, 9.17) is 4.74 Å². The third-order valence-corrected chi connectivity index (χ3v) is 2.91. The van der Waals surface area contributed by atoms with Gasteiger partial charge in [-0.3, -0.25) is 9.78 Å². The van der Waals surface area contributed by atoms with Gasteiger partial charge in [0.25, 0.3) is 0 Å². The van der Waals surface area contributed by atoms with Crippen LogP contribution in [0.2, 0.25) is 0 Å². The third-order valence-electron chi connectivity index (χ3n) is 2.17. The highest BCUT2D eigenvalue weighted by Gasteiger charge is 1.99. The molecule has 3 nitrogen and oxygen atoms in total. The summed E-state index contributed by atoms with van der Waals surface area (Å²) in [5.74, 6) is 1.29. The second-order valence-electron chi connectivity index (χ2n) is 3.35. The fourth-order valence-corrected chi connectivity index (χ4v) is 1.74. The Bertz CT molecular complexity index is 511. The zero-order valence-electron chi connectivity index (χ0n) is 9.29. The average Bonchev–Trinajstić information content (AvgIpc) is 2.40. The molecule has 1 heterocycles. The van der Waals surface area contributed by atoms with Crippen LogP contribution in [0.25, 0.3) is 0 Å². The van der Waals surface area contributed by atoms with Crippen LogP contribution in [0.1, 0.15) is 10.4 Å². The molecule has 1 aromatic carbocycles. The SMILES string of the molecule is CSc1ccc(Oc2cncc(C=O)c2)cc1. The Kier molecular flexibility index (Phi) is 3.77. The van der Waals surface area contributed by atoms with E-state index in [0.29, 0.717) is 11.3 Å². The molecule has 0 atom stereocenters. The minimum absolute atomic E-state index is 0.503. The third kappa shape index (κ3) is 3.07. The molecular weight excluding hydrogens is 234 g/mol. The van der Waals surface area contributed by atoms with Gasteiger partial charge in [0.05, 0.1) is 6.20 Å². The van der Waals surface area contributed by atoms with Gasteiger partial charge in [0, 0.05) is 16.7 Å². The van der Waals surface area contributed by atoms with Crippen molar-refractivity contribution in [2.45, 2.75) is 4.90 Å². The first kappa shape index (κ1) is 11.7. The lowest BCUT2D eigenvalue weighted by molar-refractivity contribution is 0.112. The van der Waals surface area contributed by atoms with Crippen LogP contribution in [-0.2, 0) is 0 Å². The van der Waals surface area contributed by atoms with Crippen LogP contribution in [0.4, 0.5) is 0 Å². The van der Waals surface area contributed by atoms with E-state index in [0.717, 1.165) is 12.0 Å². The number of hydrogen-bond donors (Lipinski definition) is 0. The van der Waals surface area contributed by atoms with Gasteiger partial charge in [-0.15, -0.1) is 11.8 Å². The van der Waals surface area contributed by atoms with Gasteiger partial charge in [-0.1, -0.05) is 0 Å². The van der Waals surface area contributed by atoms with Gasteiger partial charge in [0.15, 0.2) is 6.29 Å². The number of hydrogen-bond acceptors (Lipinski definition) is 4. The highest BCUT2D eigenvalue weighted by molar-refractivity contribution is 7.98. The molecule has 0 radical (unpaired) electrons. The molecule has 0 spiro atoms. The van der Waals surface area contributed by atoms with Crippen LogP contribution in [0.3, 0.4) is 0 Å². The lowest BCUT2D eigenvalue weighted by atomic mass is 10.3. The van der Waals surface area contributed by atoms with Crippen molar-refractivity contribution in [2.24, 2.45) is 0 Å². The van der Waals surface area contributed by atoms with E-state index < -0.39 is 0 Å². The van der Waals surface area contributed by atoms with Gasteiger partial charge in [-0.2, -0.15) is 0 Å². The van der Waals surface area contributed by atoms with Crippen LogP contribution in [0, 0.1) is 0 Å². The molecule has 86 valence electrons. The molecule has 0 fully saturated rings. The molecule has 1 aromatic heterocycles. The lowest BCUT2D eigenvalue weighted by Gasteiger charge is -2.05. The van der Waals surface area contributed by atoms with Crippen LogP contribution < -0.4 is 4.74 Å². The molecule has 0 saturated carbocycles. The maximum absolute atomic E-state index is 10.6. The summed E-state index contributed by atoms with van der Waals surface area (Å²) in [7, 11) is 0. The van der Waals surface area contributed by atoms with Gasteiger partial charge in [0.2, 0.25) is 0 Å². The maximum atomic E-state index is 10.6. The van der Waals surface area contributed by atoms with E-state index >= 15 is 0 Å².